The van der Waals surface area contributed by atoms with Crippen molar-refractivity contribution < 1.29 is 0 Å². The summed E-state index contributed by atoms with van der Waals surface area (Å²) in [4.78, 5) is 12.7. The van der Waals surface area contributed by atoms with Crippen LogP contribution < -0.4 is 10.6 Å². The minimum absolute atomic E-state index is 0. The maximum absolute atomic E-state index is 4.55. The first kappa shape index (κ1) is 21.6. The van der Waals surface area contributed by atoms with Gasteiger partial charge in [0, 0.05) is 38.1 Å². The summed E-state index contributed by atoms with van der Waals surface area (Å²) in [5, 5.41) is 7.87. The molecule has 0 spiro atoms. The van der Waals surface area contributed by atoms with E-state index in [4.69, 9.17) is 0 Å². The molecule has 2 heterocycles. The van der Waals surface area contributed by atoms with E-state index in [0.717, 1.165) is 48.1 Å². The van der Waals surface area contributed by atoms with Gasteiger partial charge in [0.25, 0.3) is 0 Å². The average Bonchev–Trinajstić information content (AvgIpc) is 2.80. The van der Waals surface area contributed by atoms with E-state index >= 15 is 0 Å². The van der Waals surface area contributed by atoms with Crippen molar-refractivity contribution >= 4 is 41.3 Å². The Hall–Kier alpha value is -0.410. The van der Waals surface area contributed by atoms with Crippen LogP contribution in [0.15, 0.2) is 4.99 Å². The molecule has 0 amide bonds. The fourth-order valence-electron chi connectivity index (χ4n) is 3.30. The largest absolute Gasteiger partial charge is 0.355 e. The van der Waals surface area contributed by atoms with Crippen LogP contribution in [0.25, 0.3) is 0 Å². The molecule has 1 fully saturated rings. The molecule has 2 unspecified atom stereocenters. The molecular formula is C17H32IN5S. The van der Waals surface area contributed by atoms with Gasteiger partial charge in [-0.15, -0.1) is 35.3 Å². The molecular weight excluding hydrogens is 433 g/mol. The van der Waals surface area contributed by atoms with Crippen molar-refractivity contribution in [1.29, 1.82) is 0 Å². The Morgan fingerprint density at radius 2 is 1.92 bits per heavy atom. The summed E-state index contributed by atoms with van der Waals surface area (Å²) in [6, 6.07) is 0. The minimum atomic E-state index is 0. The summed E-state index contributed by atoms with van der Waals surface area (Å²) < 4.78 is 0. The zero-order valence-electron chi connectivity index (χ0n) is 15.6. The fraction of sp³-hybridized carbons (Fsp3) is 0.765. The number of likely N-dealkylation sites (tertiary alicyclic amines) is 1. The van der Waals surface area contributed by atoms with Crippen LogP contribution in [0.1, 0.15) is 35.8 Å². The van der Waals surface area contributed by atoms with Crippen molar-refractivity contribution in [3.8, 4) is 0 Å². The van der Waals surface area contributed by atoms with Gasteiger partial charge in [0.05, 0.1) is 12.2 Å². The van der Waals surface area contributed by atoms with Gasteiger partial charge in [0.1, 0.15) is 5.01 Å². The molecule has 138 valence electrons. The lowest BCUT2D eigenvalue weighted by Gasteiger charge is -2.35. The van der Waals surface area contributed by atoms with E-state index in [2.05, 4.69) is 53.2 Å². The molecule has 0 bridgehead atoms. The van der Waals surface area contributed by atoms with Gasteiger partial charge in [-0.1, -0.05) is 13.8 Å². The van der Waals surface area contributed by atoms with E-state index in [1.165, 1.54) is 24.4 Å². The third-order valence-corrected chi connectivity index (χ3v) is 5.44. The Labute approximate surface area is 167 Å². The predicted molar refractivity (Wildman–Crippen MR) is 115 cm³/mol. The Morgan fingerprint density at radius 1 is 1.25 bits per heavy atom. The highest BCUT2D eigenvalue weighted by atomic mass is 127. The molecule has 24 heavy (non-hydrogen) atoms. The molecule has 1 aliphatic rings. The number of hydrogen-bond donors (Lipinski definition) is 2. The first-order chi connectivity index (χ1) is 11.0. The number of aryl methyl sites for hydroxylation is 2. The number of guanidine groups is 1. The molecule has 2 N–H and O–H groups in total. The number of rotatable bonds is 5. The lowest BCUT2D eigenvalue weighted by molar-refractivity contribution is 0.143. The lowest BCUT2D eigenvalue weighted by Crippen LogP contribution is -2.45. The number of piperidine rings is 1. The first-order valence-corrected chi connectivity index (χ1v) is 9.39. The van der Waals surface area contributed by atoms with Gasteiger partial charge in [0.2, 0.25) is 0 Å². The van der Waals surface area contributed by atoms with Crippen molar-refractivity contribution in [2.45, 2.75) is 40.7 Å². The van der Waals surface area contributed by atoms with Gasteiger partial charge in [0.15, 0.2) is 5.96 Å². The number of hydrogen-bond acceptors (Lipinski definition) is 4. The Kier molecular flexibility index (Phi) is 9.51. The summed E-state index contributed by atoms with van der Waals surface area (Å²) in [6.07, 6.45) is 1.36. The van der Waals surface area contributed by atoms with Crippen LogP contribution in [0.2, 0.25) is 0 Å². The maximum atomic E-state index is 4.55. The number of nitrogens with zero attached hydrogens (tertiary/aromatic N) is 3. The number of nitrogens with one attached hydrogen (secondary N) is 2. The second-order valence-electron chi connectivity index (χ2n) is 6.81. The quantitative estimate of drug-likeness (QED) is 0.399. The van der Waals surface area contributed by atoms with Crippen molar-refractivity contribution in [3.05, 3.63) is 15.6 Å². The van der Waals surface area contributed by atoms with Gasteiger partial charge in [-0.25, -0.2) is 4.98 Å². The van der Waals surface area contributed by atoms with E-state index in [-0.39, 0.29) is 24.0 Å². The van der Waals surface area contributed by atoms with E-state index in [0.29, 0.717) is 0 Å². The van der Waals surface area contributed by atoms with Crippen molar-refractivity contribution in [3.63, 3.8) is 0 Å². The van der Waals surface area contributed by atoms with E-state index in [9.17, 15) is 0 Å². The third kappa shape index (κ3) is 6.84. The Balaban J connectivity index is 0.00000288. The number of thiazole rings is 1. The van der Waals surface area contributed by atoms with Crippen LogP contribution in [0.5, 0.6) is 0 Å². The van der Waals surface area contributed by atoms with Gasteiger partial charge in [-0.05, 0) is 32.1 Å². The fourth-order valence-corrected chi connectivity index (χ4v) is 4.18. The Bertz CT molecular complexity index is 502. The van der Waals surface area contributed by atoms with E-state index < -0.39 is 0 Å². The molecule has 0 radical (unpaired) electrons. The molecule has 0 saturated carbocycles. The zero-order chi connectivity index (χ0) is 16.8. The van der Waals surface area contributed by atoms with Crippen molar-refractivity contribution in [1.82, 2.24) is 20.5 Å². The highest BCUT2D eigenvalue weighted by molar-refractivity contribution is 14.0. The normalized spacial score (nSPS) is 22.1. The van der Waals surface area contributed by atoms with Crippen LogP contribution in [-0.2, 0) is 6.54 Å². The molecule has 1 aromatic heterocycles. The van der Waals surface area contributed by atoms with E-state index in [1.54, 1.807) is 11.3 Å². The van der Waals surface area contributed by atoms with Gasteiger partial charge < -0.3 is 15.5 Å². The molecule has 2 atom stereocenters. The number of aromatic nitrogens is 1. The molecule has 1 aromatic rings. The molecule has 1 aliphatic heterocycles. The highest BCUT2D eigenvalue weighted by Crippen LogP contribution is 2.20. The smallest absolute Gasteiger partial charge is 0.191 e. The molecule has 1 saturated heterocycles. The summed E-state index contributed by atoms with van der Waals surface area (Å²) in [5.41, 5.74) is 1.13. The standard InChI is InChI=1S/C17H31N5S.HI/c1-12-8-13(2)11-22(10-12)7-6-19-17(18-5)20-9-16-21-14(3)15(4)23-16;/h12-13H,6-11H2,1-5H3,(H2,18,19,20);1H. The molecule has 0 aliphatic carbocycles. The maximum Gasteiger partial charge on any atom is 0.191 e. The first-order valence-electron chi connectivity index (χ1n) is 8.57. The van der Waals surface area contributed by atoms with Crippen LogP contribution in [0.3, 0.4) is 0 Å². The monoisotopic (exact) mass is 465 g/mol. The van der Waals surface area contributed by atoms with E-state index in [1.807, 2.05) is 7.05 Å². The second-order valence-corrected chi connectivity index (χ2v) is 8.10. The van der Waals surface area contributed by atoms with Crippen LogP contribution >= 0.6 is 35.3 Å². The molecule has 7 heteroatoms. The number of halogens is 1. The Morgan fingerprint density at radius 3 is 2.46 bits per heavy atom. The third-order valence-electron chi connectivity index (χ3n) is 4.37. The van der Waals surface area contributed by atoms with Crippen molar-refractivity contribution in [2.24, 2.45) is 16.8 Å². The summed E-state index contributed by atoms with van der Waals surface area (Å²) in [7, 11) is 1.82. The topological polar surface area (TPSA) is 52.6 Å². The van der Waals surface area contributed by atoms with Crippen LogP contribution in [-0.4, -0.2) is 49.1 Å². The lowest BCUT2D eigenvalue weighted by atomic mass is 9.92. The van der Waals surface area contributed by atoms with Gasteiger partial charge >= 0.3 is 0 Å². The molecule has 2 rings (SSSR count). The predicted octanol–water partition coefficient (Wildman–Crippen LogP) is 3.02. The van der Waals surface area contributed by atoms with Crippen LogP contribution in [0.4, 0.5) is 0 Å². The zero-order valence-corrected chi connectivity index (χ0v) is 18.7. The van der Waals surface area contributed by atoms with Gasteiger partial charge in [-0.2, -0.15) is 0 Å². The average molecular weight is 465 g/mol. The summed E-state index contributed by atoms with van der Waals surface area (Å²) in [5.74, 6) is 2.48. The van der Waals surface area contributed by atoms with Gasteiger partial charge in [-0.3, -0.25) is 4.99 Å². The summed E-state index contributed by atoms with van der Waals surface area (Å²) >= 11 is 1.75. The molecule has 0 aromatic carbocycles. The number of aliphatic imine (C=N–C) groups is 1. The molecule has 5 nitrogen and oxygen atoms in total. The minimum Gasteiger partial charge on any atom is -0.355 e. The van der Waals surface area contributed by atoms with Crippen molar-refractivity contribution in [2.75, 3.05) is 33.2 Å². The SMILES string of the molecule is CN=C(NCCN1CC(C)CC(C)C1)NCc1nc(C)c(C)s1.I. The highest BCUT2D eigenvalue weighted by Gasteiger charge is 2.21. The second kappa shape index (κ2) is 10.6. The summed E-state index contributed by atoms with van der Waals surface area (Å²) in [6.45, 7) is 14.1. The van der Waals surface area contributed by atoms with Crippen LogP contribution in [0, 0.1) is 25.7 Å².